The normalized spacial score (nSPS) is 31.4. The largest absolute Gasteiger partial charge is 0.324 e. The number of aryl methyl sites for hydroxylation is 2. The van der Waals surface area contributed by atoms with Crippen molar-refractivity contribution in [3.63, 3.8) is 0 Å². The van der Waals surface area contributed by atoms with E-state index in [9.17, 15) is 14.4 Å². The smallest absolute Gasteiger partial charge is 0.250 e. The monoisotopic (exact) mass is 435 g/mol. The van der Waals surface area contributed by atoms with Crippen LogP contribution in [-0.4, -0.2) is 35.2 Å². The van der Waals surface area contributed by atoms with Gasteiger partial charge in [0.05, 0.1) is 17.5 Å². The molecule has 158 valence electrons. The van der Waals surface area contributed by atoms with E-state index in [1.54, 1.807) is 12.1 Å². The van der Waals surface area contributed by atoms with Gasteiger partial charge in [-0.25, -0.2) is 4.90 Å². The van der Waals surface area contributed by atoms with Gasteiger partial charge in [-0.1, -0.05) is 23.7 Å². The average molecular weight is 436 g/mol. The summed E-state index contributed by atoms with van der Waals surface area (Å²) in [6, 6.07) is 10.9. The summed E-state index contributed by atoms with van der Waals surface area (Å²) in [5.74, 6) is -2.01. The number of carbonyl (C=O) groups excluding carboxylic acids is 3. The number of amides is 3. The summed E-state index contributed by atoms with van der Waals surface area (Å²) in [5, 5.41) is 3.56. The zero-order chi connectivity index (χ0) is 21.7. The van der Waals surface area contributed by atoms with Gasteiger partial charge in [-0.2, -0.15) is 0 Å². The van der Waals surface area contributed by atoms with Gasteiger partial charge in [0.2, 0.25) is 17.7 Å². The number of carbonyl (C=O) groups is 3. The first-order chi connectivity index (χ1) is 14.9. The Kier molecular flexibility index (Phi) is 3.79. The van der Waals surface area contributed by atoms with Crippen molar-refractivity contribution in [2.75, 3.05) is 16.8 Å². The maximum atomic E-state index is 13.9. The molecule has 3 saturated heterocycles. The average Bonchev–Trinajstić information content (AvgIpc) is 3.41. The molecule has 6 rings (SSSR count). The molecule has 1 N–H and O–H groups in total. The third kappa shape index (κ3) is 2.19. The Bertz CT molecular complexity index is 1190. The molecule has 0 unspecified atom stereocenters. The first-order valence-electron chi connectivity index (χ1n) is 10.7. The summed E-state index contributed by atoms with van der Waals surface area (Å²) >= 11 is 6.41. The predicted octanol–water partition coefficient (Wildman–Crippen LogP) is 3.39. The van der Waals surface area contributed by atoms with Gasteiger partial charge < -0.3 is 5.32 Å². The summed E-state index contributed by atoms with van der Waals surface area (Å²) in [5.41, 5.74) is 2.66. The van der Waals surface area contributed by atoms with Crippen molar-refractivity contribution in [3.05, 3.63) is 58.1 Å². The van der Waals surface area contributed by atoms with E-state index in [-0.39, 0.29) is 23.8 Å². The SMILES string of the molecule is Cc1cccc(N2C(=O)[C@H]3[C@@H](C2=O)[C@]2(C(=O)Nc4c(C)cc(Cl)cc42)N2CCC[C@@H]32)c1. The molecule has 2 aromatic carbocycles. The number of rotatable bonds is 1. The van der Waals surface area contributed by atoms with Crippen molar-refractivity contribution in [1.29, 1.82) is 0 Å². The highest BCUT2D eigenvalue weighted by atomic mass is 35.5. The summed E-state index contributed by atoms with van der Waals surface area (Å²) in [7, 11) is 0. The van der Waals surface area contributed by atoms with Crippen LogP contribution in [0.3, 0.4) is 0 Å². The minimum atomic E-state index is -1.19. The quantitative estimate of drug-likeness (QED) is 0.697. The van der Waals surface area contributed by atoms with Crippen LogP contribution in [0.4, 0.5) is 11.4 Å². The van der Waals surface area contributed by atoms with E-state index in [4.69, 9.17) is 11.6 Å². The molecule has 0 radical (unpaired) electrons. The molecular weight excluding hydrogens is 414 g/mol. The Labute approximate surface area is 185 Å². The van der Waals surface area contributed by atoms with Crippen LogP contribution in [0.2, 0.25) is 5.02 Å². The van der Waals surface area contributed by atoms with Gasteiger partial charge in [0.1, 0.15) is 5.54 Å². The van der Waals surface area contributed by atoms with Crippen LogP contribution in [0.25, 0.3) is 0 Å². The molecule has 31 heavy (non-hydrogen) atoms. The van der Waals surface area contributed by atoms with Crippen LogP contribution in [-0.2, 0) is 19.9 Å². The fourth-order valence-corrected chi connectivity index (χ4v) is 6.73. The van der Waals surface area contributed by atoms with E-state index in [0.29, 0.717) is 17.3 Å². The standard InChI is InChI=1S/C24H22ClN3O3/c1-12-5-3-6-15(9-12)28-21(29)18-17-7-4-8-27(17)24(19(18)22(28)30)16-11-14(25)10-13(2)20(16)26-23(24)31/h3,5-6,9-11,17-19H,4,7-8H2,1-2H3,(H,26,31)/t17-,18+,19-,24+/m0/s1. The molecule has 0 aromatic heterocycles. The van der Waals surface area contributed by atoms with E-state index >= 15 is 0 Å². The third-order valence-corrected chi connectivity index (χ3v) is 7.74. The zero-order valence-corrected chi connectivity index (χ0v) is 18.1. The van der Waals surface area contributed by atoms with Gasteiger partial charge in [-0.05, 0) is 68.6 Å². The van der Waals surface area contributed by atoms with Crippen LogP contribution in [0.1, 0.15) is 29.5 Å². The Balaban J connectivity index is 1.58. The highest BCUT2D eigenvalue weighted by Crippen LogP contribution is 2.61. The lowest BCUT2D eigenvalue weighted by atomic mass is 9.75. The number of imide groups is 1. The highest BCUT2D eigenvalue weighted by molar-refractivity contribution is 6.31. The molecule has 4 aliphatic heterocycles. The highest BCUT2D eigenvalue weighted by Gasteiger charge is 2.74. The van der Waals surface area contributed by atoms with Crippen molar-refractivity contribution < 1.29 is 14.4 Å². The van der Waals surface area contributed by atoms with Crippen molar-refractivity contribution in [1.82, 2.24) is 4.90 Å². The molecule has 4 heterocycles. The van der Waals surface area contributed by atoms with E-state index in [2.05, 4.69) is 10.2 Å². The van der Waals surface area contributed by atoms with E-state index < -0.39 is 17.4 Å². The zero-order valence-electron chi connectivity index (χ0n) is 17.3. The molecule has 3 amide bonds. The predicted molar refractivity (Wildman–Crippen MR) is 117 cm³/mol. The third-order valence-electron chi connectivity index (χ3n) is 7.52. The topological polar surface area (TPSA) is 69.7 Å². The summed E-state index contributed by atoms with van der Waals surface area (Å²) in [4.78, 5) is 44.7. The number of hydrogen-bond acceptors (Lipinski definition) is 4. The number of nitrogens with one attached hydrogen (secondary N) is 1. The minimum absolute atomic E-state index is 0.132. The summed E-state index contributed by atoms with van der Waals surface area (Å²) in [6.07, 6.45) is 1.69. The molecule has 0 saturated carbocycles. The number of benzene rings is 2. The number of halogens is 1. The van der Waals surface area contributed by atoms with Crippen LogP contribution in [0.15, 0.2) is 36.4 Å². The fourth-order valence-electron chi connectivity index (χ4n) is 6.46. The first kappa shape index (κ1) is 19.0. The molecule has 0 aliphatic carbocycles. The molecule has 2 aromatic rings. The lowest BCUT2D eigenvalue weighted by Gasteiger charge is -2.36. The van der Waals surface area contributed by atoms with Crippen LogP contribution in [0.5, 0.6) is 0 Å². The Morgan fingerprint density at radius 2 is 1.90 bits per heavy atom. The Morgan fingerprint density at radius 3 is 2.68 bits per heavy atom. The maximum Gasteiger partial charge on any atom is 0.250 e. The second-order valence-corrected chi connectivity index (χ2v) is 9.56. The van der Waals surface area contributed by atoms with Crippen molar-refractivity contribution in [2.24, 2.45) is 11.8 Å². The van der Waals surface area contributed by atoms with Gasteiger partial charge in [0, 0.05) is 22.3 Å². The number of fused-ring (bicyclic) bond motifs is 7. The number of nitrogens with zero attached hydrogens (tertiary/aromatic N) is 2. The molecule has 3 fully saturated rings. The van der Waals surface area contributed by atoms with Gasteiger partial charge in [-0.3, -0.25) is 19.3 Å². The van der Waals surface area contributed by atoms with Gasteiger partial charge >= 0.3 is 0 Å². The van der Waals surface area contributed by atoms with E-state index in [1.165, 1.54) is 4.90 Å². The molecule has 4 atom stereocenters. The van der Waals surface area contributed by atoms with Crippen LogP contribution >= 0.6 is 11.6 Å². The molecule has 0 bridgehead atoms. The summed E-state index contributed by atoms with van der Waals surface area (Å²) < 4.78 is 0. The van der Waals surface area contributed by atoms with E-state index in [0.717, 1.165) is 35.2 Å². The lowest BCUT2D eigenvalue weighted by Crippen LogP contribution is -2.54. The van der Waals surface area contributed by atoms with Crippen molar-refractivity contribution in [3.8, 4) is 0 Å². The van der Waals surface area contributed by atoms with Gasteiger partial charge in [-0.15, -0.1) is 0 Å². The van der Waals surface area contributed by atoms with Crippen LogP contribution < -0.4 is 10.2 Å². The summed E-state index contributed by atoms with van der Waals surface area (Å²) in [6.45, 7) is 4.51. The lowest BCUT2D eigenvalue weighted by molar-refractivity contribution is -0.135. The number of anilines is 2. The second kappa shape index (κ2) is 6.17. The number of hydrogen-bond donors (Lipinski definition) is 1. The maximum absolute atomic E-state index is 13.9. The van der Waals surface area contributed by atoms with Gasteiger partial charge in [0.25, 0.3) is 0 Å². The first-order valence-corrected chi connectivity index (χ1v) is 11.1. The Hall–Kier alpha value is -2.70. The van der Waals surface area contributed by atoms with Crippen molar-refractivity contribution in [2.45, 2.75) is 38.3 Å². The molecular formula is C24H22ClN3O3. The van der Waals surface area contributed by atoms with Crippen molar-refractivity contribution >= 4 is 40.7 Å². The molecule has 4 aliphatic rings. The second-order valence-electron chi connectivity index (χ2n) is 9.12. The molecule has 7 heteroatoms. The minimum Gasteiger partial charge on any atom is -0.324 e. The van der Waals surface area contributed by atoms with E-state index in [1.807, 2.05) is 38.1 Å². The Morgan fingerprint density at radius 1 is 1.10 bits per heavy atom. The van der Waals surface area contributed by atoms with Gasteiger partial charge in [0.15, 0.2) is 0 Å². The molecule has 6 nitrogen and oxygen atoms in total. The fraction of sp³-hybridized carbons (Fsp3) is 0.375. The molecule has 1 spiro atoms. The van der Waals surface area contributed by atoms with Crippen LogP contribution in [0, 0.1) is 25.7 Å².